The van der Waals surface area contributed by atoms with E-state index in [1.807, 2.05) is 19.9 Å². The van der Waals surface area contributed by atoms with E-state index in [2.05, 4.69) is 27.4 Å². The van der Waals surface area contributed by atoms with Gasteiger partial charge in [-0.3, -0.25) is 14.4 Å². The number of nitrogens with zero attached hydrogens (tertiary/aromatic N) is 3. The van der Waals surface area contributed by atoms with Crippen molar-refractivity contribution in [3.05, 3.63) is 47.0 Å². The van der Waals surface area contributed by atoms with E-state index in [0.717, 1.165) is 19.5 Å². The number of rotatable bonds is 11. The zero-order valence-electron chi connectivity index (χ0n) is 21.0. The topological polar surface area (TPSA) is 94.6 Å². The molecule has 0 radical (unpaired) electrons. The van der Waals surface area contributed by atoms with E-state index in [1.165, 1.54) is 35.5 Å². The Morgan fingerprint density at radius 1 is 1.17 bits per heavy atom. The molecule has 1 aromatic carbocycles. The summed E-state index contributed by atoms with van der Waals surface area (Å²) in [6, 6.07) is 9.42. The van der Waals surface area contributed by atoms with Gasteiger partial charge in [0.15, 0.2) is 5.13 Å². The minimum Gasteiger partial charge on any atom is -0.356 e. The number of amides is 3. The summed E-state index contributed by atoms with van der Waals surface area (Å²) in [6.07, 6.45) is 4.94. The van der Waals surface area contributed by atoms with Gasteiger partial charge in [0.05, 0.1) is 12.1 Å². The molecule has 8 nitrogen and oxygen atoms in total. The van der Waals surface area contributed by atoms with Crippen molar-refractivity contribution in [2.24, 2.45) is 0 Å². The van der Waals surface area contributed by atoms with Crippen LogP contribution in [-0.4, -0.2) is 70.8 Å². The molecule has 1 fully saturated rings. The lowest BCUT2D eigenvalue weighted by atomic mass is 10.0. The molecule has 2 heterocycles. The Kier molecular flexibility index (Phi) is 10.2. The molecule has 0 aliphatic carbocycles. The first-order chi connectivity index (χ1) is 16.8. The molecule has 1 saturated heterocycles. The van der Waals surface area contributed by atoms with Crippen LogP contribution < -0.4 is 10.6 Å². The Bertz CT molecular complexity index is 978. The molecule has 1 unspecified atom stereocenters. The maximum Gasteiger partial charge on any atom is 0.254 e. The number of carbonyl (C=O) groups is 3. The normalized spacial score (nSPS) is 16.2. The van der Waals surface area contributed by atoms with Crippen LogP contribution in [-0.2, 0) is 16.0 Å². The second-order valence-electron chi connectivity index (χ2n) is 9.35. The first-order valence-electron chi connectivity index (χ1n) is 12.4. The van der Waals surface area contributed by atoms with Gasteiger partial charge in [-0.2, -0.15) is 0 Å². The fraction of sp³-hybridized carbons (Fsp3) is 0.538. The zero-order valence-corrected chi connectivity index (χ0v) is 21.8. The van der Waals surface area contributed by atoms with Gasteiger partial charge in [0.1, 0.15) is 6.54 Å². The summed E-state index contributed by atoms with van der Waals surface area (Å²) in [4.78, 5) is 46.1. The third-order valence-electron chi connectivity index (χ3n) is 6.24. The number of hydrogen-bond acceptors (Lipinski definition) is 6. The molecular weight excluding hydrogens is 462 g/mol. The van der Waals surface area contributed by atoms with Crippen LogP contribution in [0.3, 0.4) is 0 Å². The number of piperidine rings is 1. The molecule has 1 aromatic heterocycles. The highest BCUT2D eigenvalue weighted by atomic mass is 32.1. The summed E-state index contributed by atoms with van der Waals surface area (Å²) in [7, 11) is 0. The van der Waals surface area contributed by atoms with Crippen LogP contribution in [0.4, 0.5) is 5.13 Å². The van der Waals surface area contributed by atoms with Crippen molar-refractivity contribution in [3.63, 3.8) is 0 Å². The van der Waals surface area contributed by atoms with E-state index in [0.29, 0.717) is 29.0 Å². The van der Waals surface area contributed by atoms with E-state index in [9.17, 15) is 14.4 Å². The SMILES string of the molecule is CC1CCCCN1CCCNC(=O)Cc1csc(NC(=O)CN(C(=O)c2ccccc2)C(C)C)n1. The average Bonchev–Trinajstić information content (AvgIpc) is 3.27. The molecule has 1 atom stereocenters. The monoisotopic (exact) mass is 499 g/mol. The van der Waals surface area contributed by atoms with E-state index in [-0.39, 0.29) is 36.7 Å². The van der Waals surface area contributed by atoms with E-state index in [1.54, 1.807) is 29.6 Å². The Morgan fingerprint density at radius 2 is 1.94 bits per heavy atom. The van der Waals surface area contributed by atoms with Crippen LogP contribution in [0.5, 0.6) is 0 Å². The van der Waals surface area contributed by atoms with Gasteiger partial charge in [-0.1, -0.05) is 24.6 Å². The van der Waals surface area contributed by atoms with Crippen LogP contribution in [0.2, 0.25) is 0 Å². The molecule has 0 bridgehead atoms. The Balaban J connectivity index is 1.41. The standard InChI is InChI=1S/C26H37N5O3S/c1-19(2)31(25(34)21-11-5-4-6-12-21)17-24(33)29-26-28-22(18-35-26)16-23(32)27-13-9-15-30-14-8-7-10-20(30)3/h4-6,11-12,18-20H,7-10,13-17H2,1-3H3,(H,27,32)(H,28,29,33). The number of nitrogens with one attached hydrogen (secondary N) is 2. The molecule has 9 heteroatoms. The maximum atomic E-state index is 12.8. The Hall–Kier alpha value is -2.78. The summed E-state index contributed by atoms with van der Waals surface area (Å²) in [5, 5.41) is 7.93. The van der Waals surface area contributed by atoms with Crippen molar-refractivity contribution >= 4 is 34.2 Å². The zero-order chi connectivity index (χ0) is 25.2. The molecule has 1 aliphatic rings. The summed E-state index contributed by atoms with van der Waals surface area (Å²) >= 11 is 1.27. The van der Waals surface area contributed by atoms with Gasteiger partial charge in [0, 0.05) is 36.1 Å². The van der Waals surface area contributed by atoms with Crippen molar-refractivity contribution in [1.82, 2.24) is 20.1 Å². The van der Waals surface area contributed by atoms with Crippen LogP contribution in [0.25, 0.3) is 0 Å². The first-order valence-corrected chi connectivity index (χ1v) is 13.3. The Morgan fingerprint density at radius 3 is 2.66 bits per heavy atom. The van der Waals surface area contributed by atoms with E-state index in [4.69, 9.17) is 0 Å². The van der Waals surface area contributed by atoms with Gasteiger partial charge in [0.2, 0.25) is 11.8 Å². The molecular formula is C26H37N5O3S. The number of anilines is 1. The first kappa shape index (κ1) is 26.8. The van der Waals surface area contributed by atoms with Crippen LogP contribution in [0, 0.1) is 0 Å². The molecule has 3 amide bonds. The lowest BCUT2D eigenvalue weighted by Crippen LogP contribution is -2.42. The van der Waals surface area contributed by atoms with Crippen molar-refractivity contribution in [1.29, 1.82) is 0 Å². The van der Waals surface area contributed by atoms with E-state index < -0.39 is 0 Å². The summed E-state index contributed by atoms with van der Waals surface area (Å²) in [6.45, 7) is 8.76. The molecule has 2 N–H and O–H groups in total. The van der Waals surface area contributed by atoms with Gasteiger partial charge in [-0.25, -0.2) is 4.98 Å². The maximum absolute atomic E-state index is 12.8. The molecule has 0 spiro atoms. The summed E-state index contributed by atoms with van der Waals surface area (Å²) in [5.74, 6) is -0.582. The fourth-order valence-corrected chi connectivity index (χ4v) is 4.95. The van der Waals surface area contributed by atoms with Gasteiger partial charge < -0.3 is 20.4 Å². The van der Waals surface area contributed by atoms with Crippen molar-refractivity contribution < 1.29 is 14.4 Å². The predicted octanol–water partition coefficient (Wildman–Crippen LogP) is 3.56. The minimum absolute atomic E-state index is 0.0701. The third kappa shape index (κ3) is 8.43. The van der Waals surface area contributed by atoms with Crippen molar-refractivity contribution in [3.8, 4) is 0 Å². The molecule has 2 aromatic rings. The summed E-state index contributed by atoms with van der Waals surface area (Å²) < 4.78 is 0. The lowest BCUT2D eigenvalue weighted by molar-refractivity contribution is -0.120. The quantitative estimate of drug-likeness (QED) is 0.461. The second-order valence-corrected chi connectivity index (χ2v) is 10.2. The van der Waals surface area contributed by atoms with Crippen molar-refractivity contribution in [2.45, 2.75) is 65.0 Å². The van der Waals surface area contributed by atoms with Crippen LogP contribution in [0.1, 0.15) is 62.5 Å². The van der Waals surface area contributed by atoms with Crippen molar-refractivity contribution in [2.75, 3.05) is 31.5 Å². The largest absolute Gasteiger partial charge is 0.356 e. The van der Waals surface area contributed by atoms with Crippen LogP contribution >= 0.6 is 11.3 Å². The highest BCUT2D eigenvalue weighted by Crippen LogP contribution is 2.17. The third-order valence-corrected chi connectivity index (χ3v) is 7.05. The number of aromatic nitrogens is 1. The molecule has 0 saturated carbocycles. The number of benzene rings is 1. The summed E-state index contributed by atoms with van der Waals surface area (Å²) in [5.41, 5.74) is 1.16. The molecule has 3 rings (SSSR count). The Labute approximate surface area is 212 Å². The number of hydrogen-bond donors (Lipinski definition) is 2. The molecule has 190 valence electrons. The molecule has 35 heavy (non-hydrogen) atoms. The average molecular weight is 500 g/mol. The lowest BCUT2D eigenvalue weighted by Gasteiger charge is -2.33. The van der Waals surface area contributed by atoms with Gasteiger partial charge >= 0.3 is 0 Å². The predicted molar refractivity (Wildman–Crippen MR) is 140 cm³/mol. The van der Waals surface area contributed by atoms with Gasteiger partial charge in [-0.05, 0) is 58.7 Å². The van der Waals surface area contributed by atoms with E-state index >= 15 is 0 Å². The molecule has 1 aliphatic heterocycles. The second kappa shape index (κ2) is 13.3. The highest BCUT2D eigenvalue weighted by Gasteiger charge is 2.22. The number of carbonyl (C=O) groups excluding carboxylic acids is 3. The highest BCUT2D eigenvalue weighted by molar-refractivity contribution is 7.13. The van der Waals surface area contributed by atoms with Gasteiger partial charge in [-0.15, -0.1) is 11.3 Å². The minimum atomic E-state index is -0.319. The number of thiazole rings is 1. The van der Waals surface area contributed by atoms with Crippen LogP contribution in [0.15, 0.2) is 35.7 Å². The smallest absolute Gasteiger partial charge is 0.254 e. The number of likely N-dealkylation sites (tertiary alicyclic amines) is 1. The van der Waals surface area contributed by atoms with Gasteiger partial charge in [0.25, 0.3) is 5.91 Å². The fourth-order valence-electron chi connectivity index (χ4n) is 4.22.